The van der Waals surface area contributed by atoms with Gasteiger partial charge in [-0.25, -0.2) is 0 Å². The standard InChI is InChI=1S/C15H33N3O/c1-4-7-18(15(5-2,6-3)14-16)9-8-17-10-12-19-13-11-17/h4-14,16H2,1-3H3. The van der Waals surface area contributed by atoms with Crippen LogP contribution in [0.25, 0.3) is 0 Å². The van der Waals surface area contributed by atoms with Gasteiger partial charge in [-0.3, -0.25) is 9.80 Å². The largest absolute Gasteiger partial charge is 0.379 e. The smallest absolute Gasteiger partial charge is 0.0594 e. The number of rotatable bonds is 9. The van der Waals surface area contributed by atoms with E-state index in [0.717, 1.165) is 65.3 Å². The van der Waals surface area contributed by atoms with E-state index < -0.39 is 0 Å². The molecule has 114 valence electrons. The number of hydrogen-bond acceptors (Lipinski definition) is 4. The van der Waals surface area contributed by atoms with Gasteiger partial charge in [0.2, 0.25) is 0 Å². The molecule has 4 nitrogen and oxygen atoms in total. The van der Waals surface area contributed by atoms with Crippen LogP contribution in [0.4, 0.5) is 0 Å². The molecule has 0 saturated carbocycles. The van der Waals surface area contributed by atoms with Crippen LogP contribution in [-0.2, 0) is 4.74 Å². The van der Waals surface area contributed by atoms with E-state index in [1.807, 2.05) is 0 Å². The van der Waals surface area contributed by atoms with Gasteiger partial charge in [0.1, 0.15) is 0 Å². The lowest BCUT2D eigenvalue weighted by Crippen LogP contribution is -2.55. The molecule has 1 aliphatic heterocycles. The van der Waals surface area contributed by atoms with Crippen molar-refractivity contribution in [1.82, 2.24) is 9.80 Å². The predicted molar refractivity (Wildman–Crippen MR) is 81.5 cm³/mol. The Hall–Kier alpha value is -0.160. The Labute approximate surface area is 119 Å². The van der Waals surface area contributed by atoms with Gasteiger partial charge in [0.25, 0.3) is 0 Å². The lowest BCUT2D eigenvalue weighted by atomic mass is 9.90. The molecule has 0 bridgehead atoms. The highest BCUT2D eigenvalue weighted by molar-refractivity contribution is 4.90. The predicted octanol–water partition coefficient (Wildman–Crippen LogP) is 1.55. The van der Waals surface area contributed by atoms with Crippen LogP contribution in [0.2, 0.25) is 0 Å². The minimum absolute atomic E-state index is 0.197. The lowest BCUT2D eigenvalue weighted by Gasteiger charge is -2.43. The maximum atomic E-state index is 6.09. The molecule has 0 aromatic carbocycles. The van der Waals surface area contributed by atoms with Crippen molar-refractivity contribution < 1.29 is 4.74 Å². The van der Waals surface area contributed by atoms with Crippen LogP contribution in [0.1, 0.15) is 40.0 Å². The number of ether oxygens (including phenoxy) is 1. The third kappa shape index (κ3) is 4.71. The SMILES string of the molecule is CCCN(CCN1CCOCC1)C(CC)(CC)CN. The van der Waals surface area contributed by atoms with Crippen LogP contribution in [0, 0.1) is 0 Å². The number of hydrogen-bond donors (Lipinski definition) is 1. The highest BCUT2D eigenvalue weighted by Gasteiger charge is 2.31. The van der Waals surface area contributed by atoms with E-state index in [9.17, 15) is 0 Å². The van der Waals surface area contributed by atoms with Crippen molar-refractivity contribution in [3.8, 4) is 0 Å². The third-order valence-electron chi connectivity index (χ3n) is 4.65. The molecule has 0 amide bonds. The van der Waals surface area contributed by atoms with Crippen molar-refractivity contribution in [2.24, 2.45) is 5.73 Å². The van der Waals surface area contributed by atoms with Crippen molar-refractivity contribution in [2.45, 2.75) is 45.6 Å². The average Bonchev–Trinajstić information content (AvgIpc) is 2.48. The second-order valence-corrected chi connectivity index (χ2v) is 5.58. The first-order chi connectivity index (χ1) is 9.22. The summed E-state index contributed by atoms with van der Waals surface area (Å²) in [6.45, 7) is 14.9. The molecule has 1 rings (SSSR count). The zero-order valence-corrected chi connectivity index (χ0v) is 13.2. The van der Waals surface area contributed by atoms with Crippen molar-refractivity contribution in [3.63, 3.8) is 0 Å². The Balaban J connectivity index is 2.54. The molecule has 1 saturated heterocycles. The van der Waals surface area contributed by atoms with Crippen LogP contribution in [-0.4, -0.2) is 67.8 Å². The van der Waals surface area contributed by atoms with Gasteiger partial charge in [0.05, 0.1) is 13.2 Å². The highest BCUT2D eigenvalue weighted by atomic mass is 16.5. The zero-order chi connectivity index (χ0) is 14.1. The fourth-order valence-corrected chi connectivity index (χ4v) is 3.06. The van der Waals surface area contributed by atoms with E-state index in [0.29, 0.717) is 0 Å². The summed E-state index contributed by atoms with van der Waals surface area (Å²) in [5, 5.41) is 0. The highest BCUT2D eigenvalue weighted by Crippen LogP contribution is 2.23. The summed E-state index contributed by atoms with van der Waals surface area (Å²) < 4.78 is 5.41. The maximum Gasteiger partial charge on any atom is 0.0594 e. The third-order valence-corrected chi connectivity index (χ3v) is 4.65. The van der Waals surface area contributed by atoms with E-state index in [1.165, 1.54) is 6.42 Å². The molecular weight excluding hydrogens is 238 g/mol. The van der Waals surface area contributed by atoms with E-state index in [1.54, 1.807) is 0 Å². The molecule has 0 aliphatic carbocycles. The molecular formula is C15H33N3O. The van der Waals surface area contributed by atoms with Gasteiger partial charge in [-0.2, -0.15) is 0 Å². The molecule has 0 unspecified atom stereocenters. The summed E-state index contributed by atoms with van der Waals surface area (Å²) in [5.74, 6) is 0. The molecule has 4 heteroatoms. The van der Waals surface area contributed by atoms with Crippen LogP contribution < -0.4 is 5.73 Å². The molecule has 0 spiro atoms. The van der Waals surface area contributed by atoms with Gasteiger partial charge in [-0.05, 0) is 25.8 Å². The van der Waals surface area contributed by atoms with E-state index in [4.69, 9.17) is 10.5 Å². The first-order valence-electron chi connectivity index (χ1n) is 7.97. The first-order valence-corrected chi connectivity index (χ1v) is 7.97. The number of morpholine rings is 1. The normalized spacial score (nSPS) is 18.2. The topological polar surface area (TPSA) is 41.7 Å². The van der Waals surface area contributed by atoms with Crippen LogP contribution in [0.5, 0.6) is 0 Å². The van der Waals surface area contributed by atoms with Crippen LogP contribution >= 0.6 is 0 Å². The summed E-state index contributed by atoms with van der Waals surface area (Å²) in [5.41, 5.74) is 6.29. The van der Waals surface area contributed by atoms with Gasteiger partial charge in [-0.1, -0.05) is 20.8 Å². The molecule has 19 heavy (non-hydrogen) atoms. The summed E-state index contributed by atoms with van der Waals surface area (Å²) >= 11 is 0. The van der Waals surface area contributed by atoms with Gasteiger partial charge in [-0.15, -0.1) is 0 Å². The van der Waals surface area contributed by atoms with Gasteiger partial charge < -0.3 is 10.5 Å². The van der Waals surface area contributed by atoms with Gasteiger partial charge >= 0.3 is 0 Å². The number of nitrogens with two attached hydrogens (primary N) is 1. The Morgan fingerprint density at radius 2 is 1.74 bits per heavy atom. The molecule has 1 aliphatic rings. The van der Waals surface area contributed by atoms with Crippen LogP contribution in [0.3, 0.4) is 0 Å². The fraction of sp³-hybridized carbons (Fsp3) is 1.00. The summed E-state index contributed by atoms with van der Waals surface area (Å²) in [6.07, 6.45) is 3.48. The Bertz CT molecular complexity index is 217. The van der Waals surface area contributed by atoms with Crippen molar-refractivity contribution in [1.29, 1.82) is 0 Å². The maximum absolute atomic E-state index is 6.09. The van der Waals surface area contributed by atoms with E-state index >= 15 is 0 Å². The number of nitrogens with zero attached hydrogens (tertiary/aromatic N) is 2. The van der Waals surface area contributed by atoms with E-state index in [2.05, 4.69) is 30.6 Å². The molecule has 0 aromatic rings. The Kier molecular flexibility index (Phi) is 7.91. The fourth-order valence-electron chi connectivity index (χ4n) is 3.06. The summed E-state index contributed by atoms with van der Waals surface area (Å²) in [6, 6.07) is 0. The first kappa shape index (κ1) is 16.9. The molecule has 1 fully saturated rings. The second-order valence-electron chi connectivity index (χ2n) is 5.58. The Morgan fingerprint density at radius 1 is 1.11 bits per heavy atom. The molecule has 0 aromatic heterocycles. The molecule has 0 atom stereocenters. The quantitative estimate of drug-likeness (QED) is 0.691. The molecule has 1 heterocycles. The minimum Gasteiger partial charge on any atom is -0.379 e. The van der Waals surface area contributed by atoms with Crippen molar-refractivity contribution in [2.75, 3.05) is 52.5 Å². The summed E-state index contributed by atoms with van der Waals surface area (Å²) in [4.78, 5) is 5.14. The monoisotopic (exact) mass is 271 g/mol. The zero-order valence-electron chi connectivity index (χ0n) is 13.2. The van der Waals surface area contributed by atoms with Crippen molar-refractivity contribution in [3.05, 3.63) is 0 Å². The molecule has 2 N–H and O–H groups in total. The van der Waals surface area contributed by atoms with Crippen molar-refractivity contribution >= 4 is 0 Å². The lowest BCUT2D eigenvalue weighted by molar-refractivity contribution is 0.0199. The minimum atomic E-state index is 0.197. The van der Waals surface area contributed by atoms with Gasteiger partial charge in [0.15, 0.2) is 0 Å². The second kappa shape index (κ2) is 8.90. The summed E-state index contributed by atoms with van der Waals surface area (Å²) in [7, 11) is 0. The van der Waals surface area contributed by atoms with Crippen LogP contribution in [0.15, 0.2) is 0 Å². The molecule has 0 radical (unpaired) electrons. The average molecular weight is 271 g/mol. The van der Waals surface area contributed by atoms with Gasteiger partial charge in [0, 0.05) is 38.3 Å². The Morgan fingerprint density at radius 3 is 2.21 bits per heavy atom. The van der Waals surface area contributed by atoms with E-state index in [-0.39, 0.29) is 5.54 Å².